The summed E-state index contributed by atoms with van der Waals surface area (Å²) in [7, 11) is 0. The number of rotatable bonds is 6. The summed E-state index contributed by atoms with van der Waals surface area (Å²) in [6.45, 7) is 4.39. The van der Waals surface area contributed by atoms with Crippen LogP contribution in [0.2, 0.25) is 0 Å². The fraction of sp³-hybridized carbons (Fsp3) is 0.524. The van der Waals surface area contributed by atoms with E-state index in [1.165, 1.54) is 31.2 Å². The summed E-state index contributed by atoms with van der Waals surface area (Å²) in [5.74, 6) is 2.12. The van der Waals surface area contributed by atoms with E-state index in [0.29, 0.717) is 19.0 Å². The van der Waals surface area contributed by atoms with Crippen LogP contribution in [0.5, 0.6) is 5.75 Å². The van der Waals surface area contributed by atoms with Gasteiger partial charge >= 0.3 is 0 Å². The van der Waals surface area contributed by atoms with Gasteiger partial charge in [0.25, 0.3) is 5.56 Å². The minimum atomic E-state index is -0.0421. The van der Waals surface area contributed by atoms with Crippen LogP contribution in [0.3, 0.4) is 0 Å². The first-order chi connectivity index (χ1) is 13.3. The molecule has 0 radical (unpaired) electrons. The Labute approximate surface area is 160 Å². The molecule has 1 N–H and O–H groups in total. The Bertz CT molecular complexity index is 791. The van der Waals surface area contributed by atoms with Crippen molar-refractivity contribution in [2.45, 2.75) is 38.1 Å². The average molecular weight is 368 g/mol. The van der Waals surface area contributed by atoms with Crippen molar-refractivity contribution in [2.24, 2.45) is 0 Å². The lowest BCUT2D eigenvalue weighted by Gasteiger charge is -2.27. The number of hydrogen-bond donors (Lipinski definition) is 1. The zero-order valence-electron chi connectivity index (χ0n) is 15.8. The number of nitrogens with one attached hydrogen (secondary N) is 1. The molecule has 27 heavy (non-hydrogen) atoms. The first-order valence-electron chi connectivity index (χ1n) is 10.0. The van der Waals surface area contributed by atoms with Gasteiger partial charge in [0.15, 0.2) is 5.82 Å². The zero-order valence-corrected chi connectivity index (χ0v) is 15.8. The highest BCUT2D eigenvalue weighted by molar-refractivity contribution is 5.36. The second-order valence-electron chi connectivity index (χ2n) is 7.39. The summed E-state index contributed by atoms with van der Waals surface area (Å²) < 4.78 is 7.56. The molecule has 1 saturated carbocycles. The Hall–Kier alpha value is -2.34. The Balaban J connectivity index is 1.34. The van der Waals surface area contributed by atoms with E-state index < -0.39 is 0 Å². The van der Waals surface area contributed by atoms with Crippen molar-refractivity contribution in [1.29, 1.82) is 0 Å². The van der Waals surface area contributed by atoms with E-state index in [4.69, 9.17) is 4.74 Å². The summed E-state index contributed by atoms with van der Waals surface area (Å²) in [6.07, 6.45) is 8.75. The van der Waals surface area contributed by atoms with Crippen molar-refractivity contribution in [3.63, 3.8) is 0 Å². The number of nitrogens with zero attached hydrogens (tertiary/aromatic N) is 3. The van der Waals surface area contributed by atoms with Gasteiger partial charge in [-0.2, -0.15) is 0 Å². The van der Waals surface area contributed by atoms with Crippen LogP contribution in [-0.2, 0) is 6.54 Å². The molecule has 2 fully saturated rings. The third kappa shape index (κ3) is 4.33. The molecule has 0 atom stereocenters. The van der Waals surface area contributed by atoms with Crippen molar-refractivity contribution in [1.82, 2.24) is 14.9 Å². The molecule has 1 aliphatic carbocycles. The predicted octanol–water partition coefficient (Wildman–Crippen LogP) is 2.39. The Kier molecular flexibility index (Phi) is 5.72. The van der Waals surface area contributed by atoms with Crippen molar-refractivity contribution in [3.05, 3.63) is 52.6 Å². The Morgan fingerprint density at radius 3 is 2.59 bits per heavy atom. The lowest BCUT2D eigenvalue weighted by molar-refractivity contribution is 0.296. The lowest BCUT2D eigenvalue weighted by Crippen LogP contribution is -2.46. The van der Waals surface area contributed by atoms with Gasteiger partial charge in [-0.25, -0.2) is 4.98 Å². The minimum absolute atomic E-state index is 0.0421. The van der Waals surface area contributed by atoms with Crippen molar-refractivity contribution < 1.29 is 4.74 Å². The topological polar surface area (TPSA) is 59.4 Å². The average Bonchev–Trinajstić information content (AvgIpc) is 3.25. The van der Waals surface area contributed by atoms with E-state index >= 15 is 0 Å². The highest BCUT2D eigenvalue weighted by Gasteiger charge is 2.17. The fourth-order valence-corrected chi connectivity index (χ4v) is 4.06. The first-order valence-corrected chi connectivity index (χ1v) is 10.0. The molecule has 1 aromatic heterocycles. The summed E-state index contributed by atoms with van der Waals surface area (Å²) in [5.41, 5.74) is 1.38. The van der Waals surface area contributed by atoms with Crippen LogP contribution in [0, 0.1) is 0 Å². The van der Waals surface area contributed by atoms with Gasteiger partial charge in [0.2, 0.25) is 0 Å². The number of anilines is 1. The maximum atomic E-state index is 12.7. The summed E-state index contributed by atoms with van der Waals surface area (Å²) >= 11 is 0. The van der Waals surface area contributed by atoms with Crippen molar-refractivity contribution >= 4 is 5.82 Å². The van der Waals surface area contributed by atoms with Gasteiger partial charge < -0.3 is 19.5 Å². The Morgan fingerprint density at radius 2 is 1.85 bits per heavy atom. The van der Waals surface area contributed by atoms with Gasteiger partial charge in [-0.3, -0.25) is 4.79 Å². The molecule has 2 heterocycles. The number of benzene rings is 1. The van der Waals surface area contributed by atoms with Crippen molar-refractivity contribution in [2.75, 3.05) is 37.7 Å². The van der Waals surface area contributed by atoms with E-state index in [1.54, 1.807) is 17.0 Å². The molecule has 0 spiro atoms. The highest BCUT2D eigenvalue weighted by Crippen LogP contribution is 2.34. The van der Waals surface area contributed by atoms with Crippen LogP contribution in [0.15, 0.2) is 41.5 Å². The standard InChI is InChI=1S/C21H28N4O2/c26-21-20(24-12-9-22-10-13-24)23-11-14-25(21)15-16-27-19-7-5-18(6-8-19)17-3-1-2-4-17/h5-8,11,14,17,22H,1-4,9-10,12-13,15-16H2. The summed E-state index contributed by atoms with van der Waals surface area (Å²) in [5, 5.41) is 3.29. The van der Waals surface area contributed by atoms with Gasteiger partial charge in [-0.1, -0.05) is 25.0 Å². The largest absolute Gasteiger partial charge is 0.492 e. The van der Waals surface area contributed by atoms with Gasteiger partial charge in [0, 0.05) is 38.6 Å². The second-order valence-corrected chi connectivity index (χ2v) is 7.39. The predicted molar refractivity (Wildman–Crippen MR) is 107 cm³/mol. The molecule has 6 heteroatoms. The lowest BCUT2D eigenvalue weighted by atomic mass is 9.98. The number of ether oxygens (including phenoxy) is 1. The number of aromatic nitrogens is 2. The molecule has 0 amide bonds. The smallest absolute Gasteiger partial charge is 0.293 e. The highest BCUT2D eigenvalue weighted by atomic mass is 16.5. The Morgan fingerprint density at radius 1 is 1.11 bits per heavy atom. The maximum absolute atomic E-state index is 12.7. The summed E-state index contributed by atoms with van der Waals surface area (Å²) in [6, 6.07) is 8.48. The molecule has 2 aromatic rings. The molecular formula is C21H28N4O2. The second kappa shape index (κ2) is 8.57. The van der Waals surface area contributed by atoms with Crippen LogP contribution < -0.4 is 20.5 Å². The van der Waals surface area contributed by atoms with Crippen LogP contribution in [0.4, 0.5) is 5.82 Å². The van der Waals surface area contributed by atoms with Gasteiger partial charge in [0.05, 0.1) is 6.54 Å². The molecule has 4 rings (SSSR count). The van der Waals surface area contributed by atoms with E-state index in [2.05, 4.69) is 39.5 Å². The van der Waals surface area contributed by atoms with Crippen LogP contribution in [0.25, 0.3) is 0 Å². The molecule has 144 valence electrons. The van der Waals surface area contributed by atoms with E-state index in [-0.39, 0.29) is 5.56 Å². The van der Waals surface area contributed by atoms with Gasteiger partial charge in [-0.15, -0.1) is 0 Å². The number of piperazine rings is 1. The van der Waals surface area contributed by atoms with E-state index in [9.17, 15) is 4.79 Å². The quantitative estimate of drug-likeness (QED) is 0.848. The molecule has 1 aliphatic heterocycles. The van der Waals surface area contributed by atoms with Crippen LogP contribution in [0.1, 0.15) is 37.2 Å². The number of hydrogen-bond acceptors (Lipinski definition) is 5. The third-order valence-corrected chi connectivity index (χ3v) is 5.62. The fourth-order valence-electron chi connectivity index (χ4n) is 4.06. The monoisotopic (exact) mass is 368 g/mol. The van der Waals surface area contributed by atoms with Gasteiger partial charge in [0.1, 0.15) is 12.4 Å². The van der Waals surface area contributed by atoms with Gasteiger partial charge in [-0.05, 0) is 36.5 Å². The molecule has 2 aliphatic rings. The summed E-state index contributed by atoms with van der Waals surface area (Å²) in [4.78, 5) is 19.0. The normalized spacial score (nSPS) is 18.0. The molecule has 1 aromatic carbocycles. The third-order valence-electron chi connectivity index (χ3n) is 5.62. The van der Waals surface area contributed by atoms with E-state index in [1.807, 2.05) is 0 Å². The van der Waals surface area contributed by atoms with Crippen molar-refractivity contribution in [3.8, 4) is 5.75 Å². The van der Waals surface area contributed by atoms with Crippen LogP contribution >= 0.6 is 0 Å². The first kappa shape index (κ1) is 18.0. The zero-order chi connectivity index (χ0) is 18.5. The molecule has 6 nitrogen and oxygen atoms in total. The van der Waals surface area contributed by atoms with E-state index in [0.717, 1.165) is 37.8 Å². The molecule has 0 bridgehead atoms. The van der Waals surface area contributed by atoms with Crippen LogP contribution in [-0.4, -0.2) is 42.3 Å². The maximum Gasteiger partial charge on any atom is 0.293 e. The molecule has 0 unspecified atom stereocenters. The minimum Gasteiger partial charge on any atom is -0.492 e. The SMILES string of the molecule is O=c1c(N2CCNCC2)nccn1CCOc1ccc(C2CCCC2)cc1. The molecular weight excluding hydrogens is 340 g/mol. The molecule has 1 saturated heterocycles.